The fourth-order valence-corrected chi connectivity index (χ4v) is 5.23. The normalized spacial score (nSPS) is 11.4. The van der Waals surface area contributed by atoms with Gasteiger partial charge >= 0.3 is 0 Å². The average molecular weight is 731 g/mol. The molecule has 0 saturated heterocycles. The fourth-order valence-electron chi connectivity index (χ4n) is 5.23. The number of nitrogens with zero attached hydrogens (tertiary/aromatic N) is 1. The van der Waals surface area contributed by atoms with Crippen LogP contribution >= 0.6 is 0 Å². The number of fused-ring (bicyclic) bond motifs is 1. The molecule has 4 aromatic rings. The van der Waals surface area contributed by atoms with Gasteiger partial charge in [0.25, 0.3) is 0 Å². The van der Waals surface area contributed by atoms with Crippen LogP contribution in [-0.2, 0) is 24.9 Å². The number of aliphatic hydroxyl groups is 1. The molecule has 0 unspecified atom stereocenters. The van der Waals surface area contributed by atoms with E-state index in [9.17, 15) is 9.90 Å². The molecule has 0 spiro atoms. The number of aliphatic hydroxyl groups excluding tert-OH is 1. The van der Waals surface area contributed by atoms with Crippen molar-refractivity contribution in [3.63, 3.8) is 0 Å². The van der Waals surface area contributed by atoms with Crippen LogP contribution in [0.5, 0.6) is 0 Å². The van der Waals surface area contributed by atoms with Gasteiger partial charge in [-0.15, -0.1) is 34.9 Å². The summed E-state index contributed by atoms with van der Waals surface area (Å²) in [7, 11) is 0. The minimum Gasteiger partial charge on any atom is -0.512 e. The van der Waals surface area contributed by atoms with E-state index in [1.807, 2.05) is 33.9 Å². The number of pyridine rings is 1. The summed E-state index contributed by atoms with van der Waals surface area (Å²) in [4.78, 5) is 16.3. The molecule has 0 aliphatic heterocycles. The van der Waals surface area contributed by atoms with Crippen LogP contribution in [0.2, 0.25) is 0 Å². The molecule has 0 aliphatic rings. The second-order valence-corrected chi connectivity index (χ2v) is 10.7. The van der Waals surface area contributed by atoms with Gasteiger partial charge in [-0.05, 0) is 62.4 Å². The minimum absolute atomic E-state index is 0. The van der Waals surface area contributed by atoms with Gasteiger partial charge in [-0.3, -0.25) is 4.79 Å². The van der Waals surface area contributed by atoms with Gasteiger partial charge in [-0.2, -0.15) is 0 Å². The second kappa shape index (κ2) is 15.8. The number of carbonyl (C=O) groups is 1. The molecular weight excluding hydrogens is 687 g/mol. The van der Waals surface area contributed by atoms with Gasteiger partial charge in [0.05, 0.1) is 12.0 Å². The van der Waals surface area contributed by atoms with Gasteiger partial charge in [-0.1, -0.05) is 65.8 Å². The smallest absolute Gasteiger partial charge is 0.162 e. The predicted octanol–water partition coefficient (Wildman–Crippen LogP) is 10.1. The molecule has 0 aliphatic carbocycles. The van der Waals surface area contributed by atoms with Crippen LogP contribution in [0.25, 0.3) is 33.6 Å². The molecule has 0 bridgehead atoms. The van der Waals surface area contributed by atoms with E-state index in [1.54, 1.807) is 0 Å². The topological polar surface area (TPSA) is 63.3 Å². The Bertz CT molecular complexity index is 1440. The van der Waals surface area contributed by atoms with Gasteiger partial charge in [0.1, 0.15) is 5.76 Å². The van der Waals surface area contributed by atoms with Gasteiger partial charge in [0.2, 0.25) is 0 Å². The van der Waals surface area contributed by atoms with Gasteiger partial charge < -0.3 is 14.5 Å². The Morgan fingerprint density at radius 2 is 1.54 bits per heavy atom. The number of rotatable bonds is 9. The number of carbonyl (C=O) groups excluding carboxylic acids is 1. The van der Waals surface area contributed by atoms with Crippen LogP contribution in [0.4, 0.5) is 0 Å². The first-order valence-electron chi connectivity index (χ1n) is 14.5. The van der Waals surface area contributed by atoms with E-state index < -0.39 is 0 Å². The molecule has 41 heavy (non-hydrogen) atoms. The number of ketones is 1. The van der Waals surface area contributed by atoms with Crippen LogP contribution in [0, 0.1) is 45.6 Å². The van der Waals surface area contributed by atoms with E-state index in [0.717, 1.165) is 59.2 Å². The molecule has 2 heterocycles. The first kappa shape index (κ1) is 34.2. The van der Waals surface area contributed by atoms with Gasteiger partial charge in [0, 0.05) is 49.0 Å². The second-order valence-electron chi connectivity index (χ2n) is 10.7. The SMILES string of the molecule is CCC(CC)C(=O)/C=C(\O)C(CC)CC.Cc1[c-]c(-c2cc3cc(-c4c(C)cccc4C)oc3cn2)cc(C)c1.[Ir]. The molecule has 4 nitrogen and oxygen atoms in total. The van der Waals surface area contributed by atoms with Crippen molar-refractivity contribution >= 4 is 16.8 Å². The van der Waals surface area contributed by atoms with Crippen molar-refractivity contribution in [2.75, 3.05) is 0 Å². The van der Waals surface area contributed by atoms with E-state index in [4.69, 9.17) is 4.42 Å². The third-order valence-electron chi connectivity index (χ3n) is 7.64. The maximum Gasteiger partial charge on any atom is 0.162 e. The Hall–Kier alpha value is -3.01. The summed E-state index contributed by atoms with van der Waals surface area (Å²) in [6.45, 7) is 16.5. The van der Waals surface area contributed by atoms with E-state index >= 15 is 0 Å². The van der Waals surface area contributed by atoms with Crippen LogP contribution in [0.1, 0.15) is 75.6 Å². The number of furan rings is 1. The molecule has 221 valence electrons. The monoisotopic (exact) mass is 731 g/mol. The maximum atomic E-state index is 11.7. The molecule has 1 N–H and O–H groups in total. The summed E-state index contributed by atoms with van der Waals surface area (Å²) < 4.78 is 6.08. The summed E-state index contributed by atoms with van der Waals surface area (Å²) in [5.74, 6) is 1.44. The molecule has 0 atom stereocenters. The maximum absolute atomic E-state index is 11.7. The molecule has 5 heteroatoms. The predicted molar refractivity (Wildman–Crippen MR) is 167 cm³/mol. The van der Waals surface area contributed by atoms with Crippen molar-refractivity contribution < 1.29 is 34.4 Å². The molecule has 1 radical (unpaired) electrons. The van der Waals surface area contributed by atoms with Crippen molar-refractivity contribution in [3.8, 4) is 22.6 Å². The number of allylic oxidation sites excluding steroid dienone is 2. The zero-order valence-corrected chi connectivity index (χ0v) is 28.1. The zero-order valence-electron chi connectivity index (χ0n) is 25.7. The third-order valence-corrected chi connectivity index (χ3v) is 7.64. The quantitative estimate of drug-likeness (QED) is 0.106. The summed E-state index contributed by atoms with van der Waals surface area (Å²) in [5, 5.41) is 10.8. The Labute approximate surface area is 259 Å². The van der Waals surface area contributed by atoms with E-state index in [1.165, 1.54) is 28.3 Å². The van der Waals surface area contributed by atoms with Crippen molar-refractivity contribution in [1.29, 1.82) is 0 Å². The Balaban J connectivity index is 0.000000320. The Morgan fingerprint density at radius 3 is 2.10 bits per heavy atom. The summed E-state index contributed by atoms with van der Waals surface area (Å²) in [5.41, 5.74) is 8.70. The Kier molecular flexibility index (Phi) is 13.2. The summed E-state index contributed by atoms with van der Waals surface area (Å²) in [6.07, 6.45) is 6.72. The number of aromatic nitrogens is 1. The minimum atomic E-state index is 0. The number of hydrogen-bond donors (Lipinski definition) is 1. The molecule has 0 fully saturated rings. The van der Waals surface area contributed by atoms with Crippen LogP contribution in [-0.4, -0.2) is 15.9 Å². The van der Waals surface area contributed by atoms with Crippen LogP contribution < -0.4 is 0 Å². The number of benzene rings is 2. The van der Waals surface area contributed by atoms with Gasteiger partial charge in [0.15, 0.2) is 11.4 Å². The standard InChI is InChI=1S/C23H20NO.C13H24O2.Ir/c1-14-8-15(2)10-18(9-14)20-11-19-12-21(25-22(19)13-24-20)23-16(3)6-5-7-17(23)4;1-5-10(6-2)12(14)9-13(15)11(7-3)8-4;/h5-9,11-13H,1-4H3;9-11,14H,5-8H2,1-4H3;/q-1;;/b;12-9-;. The molecule has 0 saturated carbocycles. The Morgan fingerprint density at radius 1 is 0.927 bits per heavy atom. The largest absolute Gasteiger partial charge is 0.512 e. The number of aryl methyl sites for hydroxylation is 4. The summed E-state index contributed by atoms with van der Waals surface area (Å²) in [6, 6.07) is 18.1. The molecule has 0 amide bonds. The molecule has 2 aromatic heterocycles. The first-order chi connectivity index (χ1) is 19.1. The molecular formula is C36H44IrNO3-. The average Bonchev–Trinajstić information content (AvgIpc) is 3.32. The van der Waals surface area contributed by atoms with E-state index in [2.05, 4.69) is 81.2 Å². The third kappa shape index (κ3) is 8.74. The van der Waals surface area contributed by atoms with Crippen molar-refractivity contribution in [1.82, 2.24) is 4.98 Å². The van der Waals surface area contributed by atoms with Crippen molar-refractivity contribution in [3.05, 3.63) is 88.8 Å². The molecule has 2 aromatic carbocycles. The van der Waals surface area contributed by atoms with Crippen molar-refractivity contribution in [2.45, 2.75) is 81.1 Å². The zero-order chi connectivity index (χ0) is 29.4. The summed E-state index contributed by atoms with van der Waals surface area (Å²) >= 11 is 0. The first-order valence-corrected chi connectivity index (χ1v) is 14.5. The number of hydrogen-bond acceptors (Lipinski definition) is 4. The van der Waals surface area contributed by atoms with Crippen LogP contribution in [0.3, 0.4) is 0 Å². The van der Waals surface area contributed by atoms with Gasteiger partial charge in [-0.25, -0.2) is 0 Å². The van der Waals surface area contributed by atoms with E-state index in [-0.39, 0.29) is 43.5 Å². The van der Waals surface area contributed by atoms with Crippen LogP contribution in [0.15, 0.2) is 64.9 Å². The fraction of sp³-hybridized carbons (Fsp3) is 0.389. The van der Waals surface area contributed by atoms with E-state index in [0.29, 0.717) is 0 Å². The van der Waals surface area contributed by atoms with Crippen molar-refractivity contribution in [2.24, 2.45) is 11.8 Å². The molecule has 4 rings (SSSR count).